The van der Waals surface area contributed by atoms with Crippen LogP contribution in [-0.4, -0.2) is 3.96 Å². The SMILES string of the molecule is Cc1ccc(-n2cc(-c3ccccc3)c(=O)s2)cc1. The maximum Gasteiger partial charge on any atom is 0.257 e. The van der Waals surface area contributed by atoms with Crippen LogP contribution in [0.25, 0.3) is 16.8 Å². The van der Waals surface area contributed by atoms with E-state index in [0.29, 0.717) is 0 Å². The highest BCUT2D eigenvalue weighted by molar-refractivity contribution is 7.04. The Morgan fingerprint density at radius 3 is 2.32 bits per heavy atom. The molecule has 0 aliphatic carbocycles. The molecule has 0 aliphatic rings. The van der Waals surface area contributed by atoms with Crippen molar-refractivity contribution in [3.05, 3.63) is 75.9 Å². The Morgan fingerprint density at radius 2 is 1.63 bits per heavy atom. The fraction of sp³-hybridized carbons (Fsp3) is 0.0625. The van der Waals surface area contributed by atoms with Gasteiger partial charge < -0.3 is 0 Å². The number of aromatic nitrogens is 1. The molecule has 3 aromatic rings. The summed E-state index contributed by atoms with van der Waals surface area (Å²) in [6, 6.07) is 17.9. The quantitative estimate of drug-likeness (QED) is 0.690. The third-order valence-electron chi connectivity index (χ3n) is 3.02. The maximum absolute atomic E-state index is 12.1. The number of hydrogen-bond acceptors (Lipinski definition) is 2. The Balaban J connectivity index is 2.07. The van der Waals surface area contributed by atoms with Crippen LogP contribution in [0, 0.1) is 6.92 Å². The van der Waals surface area contributed by atoms with Crippen molar-refractivity contribution in [2.75, 3.05) is 0 Å². The second-order valence-corrected chi connectivity index (χ2v) is 5.40. The normalized spacial score (nSPS) is 10.6. The highest BCUT2D eigenvalue weighted by atomic mass is 32.1. The minimum atomic E-state index is 0.0896. The molecule has 0 bridgehead atoms. The van der Waals surface area contributed by atoms with Gasteiger partial charge >= 0.3 is 0 Å². The monoisotopic (exact) mass is 267 g/mol. The molecule has 0 N–H and O–H groups in total. The summed E-state index contributed by atoms with van der Waals surface area (Å²) >= 11 is 1.23. The third-order valence-corrected chi connectivity index (χ3v) is 3.92. The van der Waals surface area contributed by atoms with Crippen molar-refractivity contribution in [1.29, 1.82) is 0 Å². The average Bonchev–Trinajstić information content (AvgIpc) is 2.83. The summed E-state index contributed by atoms with van der Waals surface area (Å²) in [6.45, 7) is 2.05. The molecule has 19 heavy (non-hydrogen) atoms. The predicted octanol–water partition coefficient (Wildman–Crippen LogP) is 3.87. The smallest absolute Gasteiger partial charge is 0.257 e. The van der Waals surface area contributed by atoms with Crippen LogP contribution in [-0.2, 0) is 0 Å². The zero-order valence-corrected chi connectivity index (χ0v) is 11.4. The van der Waals surface area contributed by atoms with Crippen LogP contribution in [0.15, 0.2) is 65.6 Å². The van der Waals surface area contributed by atoms with Gasteiger partial charge in [-0.05, 0) is 36.2 Å². The topological polar surface area (TPSA) is 22.0 Å². The number of rotatable bonds is 2. The first-order valence-electron chi connectivity index (χ1n) is 6.09. The lowest BCUT2D eigenvalue weighted by atomic mass is 10.1. The van der Waals surface area contributed by atoms with Crippen molar-refractivity contribution < 1.29 is 0 Å². The van der Waals surface area contributed by atoms with Crippen molar-refractivity contribution in [2.45, 2.75) is 6.92 Å². The molecule has 0 unspecified atom stereocenters. The molecule has 0 fully saturated rings. The molecule has 3 rings (SSSR count). The second kappa shape index (κ2) is 4.86. The summed E-state index contributed by atoms with van der Waals surface area (Å²) in [5.41, 5.74) is 3.96. The van der Waals surface area contributed by atoms with Gasteiger partial charge in [-0.25, -0.2) is 0 Å². The van der Waals surface area contributed by atoms with E-state index in [1.54, 1.807) is 0 Å². The second-order valence-electron chi connectivity index (χ2n) is 4.45. The lowest BCUT2D eigenvalue weighted by Crippen LogP contribution is -1.91. The van der Waals surface area contributed by atoms with Crippen molar-refractivity contribution >= 4 is 11.5 Å². The van der Waals surface area contributed by atoms with E-state index in [9.17, 15) is 4.79 Å². The van der Waals surface area contributed by atoms with E-state index in [4.69, 9.17) is 0 Å². The standard InChI is InChI=1S/C16H13NOS/c1-12-7-9-14(10-8-12)17-11-15(16(18)19-17)13-5-3-2-4-6-13/h2-11H,1H3. The maximum atomic E-state index is 12.1. The summed E-state index contributed by atoms with van der Waals surface area (Å²) in [6.07, 6.45) is 1.91. The van der Waals surface area contributed by atoms with Crippen LogP contribution in [0.2, 0.25) is 0 Å². The highest BCUT2D eigenvalue weighted by Crippen LogP contribution is 2.20. The Morgan fingerprint density at radius 1 is 0.947 bits per heavy atom. The molecule has 1 heterocycles. The van der Waals surface area contributed by atoms with Crippen LogP contribution >= 0.6 is 11.5 Å². The zero-order valence-electron chi connectivity index (χ0n) is 10.5. The van der Waals surface area contributed by atoms with E-state index < -0.39 is 0 Å². The largest absolute Gasteiger partial charge is 0.276 e. The molecule has 3 heteroatoms. The molecule has 0 aliphatic heterocycles. The first-order valence-corrected chi connectivity index (χ1v) is 6.87. The Labute approximate surface area is 115 Å². The Hall–Kier alpha value is -2.13. The van der Waals surface area contributed by atoms with Crippen LogP contribution in [0.1, 0.15) is 5.56 Å². The van der Waals surface area contributed by atoms with Gasteiger partial charge in [0.2, 0.25) is 0 Å². The highest BCUT2D eigenvalue weighted by Gasteiger charge is 2.08. The van der Waals surface area contributed by atoms with Gasteiger partial charge in [0.15, 0.2) is 0 Å². The van der Waals surface area contributed by atoms with E-state index in [1.807, 2.05) is 52.6 Å². The Kier molecular flexibility index (Phi) is 3.05. The fourth-order valence-electron chi connectivity index (χ4n) is 1.96. The van der Waals surface area contributed by atoms with E-state index in [-0.39, 0.29) is 4.74 Å². The van der Waals surface area contributed by atoms with Gasteiger partial charge in [-0.1, -0.05) is 48.0 Å². The molecule has 2 nitrogen and oxygen atoms in total. The van der Waals surface area contributed by atoms with Crippen molar-refractivity contribution in [3.8, 4) is 16.8 Å². The molecule has 1 aromatic heterocycles. The van der Waals surface area contributed by atoms with Crippen LogP contribution in [0.4, 0.5) is 0 Å². The van der Waals surface area contributed by atoms with Crippen LogP contribution in [0.5, 0.6) is 0 Å². The first kappa shape index (κ1) is 11.9. The summed E-state index contributed by atoms with van der Waals surface area (Å²) in [5.74, 6) is 0. The molecule has 0 amide bonds. The van der Waals surface area contributed by atoms with Crippen molar-refractivity contribution in [1.82, 2.24) is 3.96 Å². The van der Waals surface area contributed by atoms with Crippen molar-refractivity contribution in [2.24, 2.45) is 0 Å². The molecule has 0 spiro atoms. The molecule has 0 atom stereocenters. The molecular weight excluding hydrogens is 254 g/mol. The third kappa shape index (κ3) is 2.37. The molecule has 94 valence electrons. The van der Waals surface area contributed by atoms with Gasteiger partial charge in [0.1, 0.15) is 0 Å². The van der Waals surface area contributed by atoms with Gasteiger partial charge in [-0.2, -0.15) is 0 Å². The number of hydrogen-bond donors (Lipinski definition) is 0. The molecule has 0 radical (unpaired) electrons. The predicted molar refractivity (Wildman–Crippen MR) is 80.1 cm³/mol. The minimum Gasteiger partial charge on any atom is -0.276 e. The van der Waals surface area contributed by atoms with Crippen LogP contribution < -0.4 is 4.74 Å². The lowest BCUT2D eigenvalue weighted by Gasteiger charge is -2.01. The fourth-order valence-corrected chi connectivity index (χ4v) is 2.80. The molecular formula is C16H13NOS. The first-order chi connectivity index (χ1) is 9.24. The summed E-state index contributed by atoms with van der Waals surface area (Å²) in [7, 11) is 0. The van der Waals surface area contributed by atoms with E-state index in [1.165, 1.54) is 17.1 Å². The molecule has 2 aromatic carbocycles. The number of benzene rings is 2. The van der Waals surface area contributed by atoms with Gasteiger partial charge in [-0.3, -0.25) is 8.75 Å². The Bertz CT molecular complexity index is 738. The van der Waals surface area contributed by atoms with Crippen LogP contribution in [0.3, 0.4) is 0 Å². The van der Waals surface area contributed by atoms with E-state index in [0.717, 1.165) is 16.8 Å². The summed E-state index contributed by atoms with van der Waals surface area (Å²) in [5, 5.41) is 0. The molecule has 0 saturated carbocycles. The average molecular weight is 267 g/mol. The minimum absolute atomic E-state index is 0.0896. The number of nitrogens with zero attached hydrogens (tertiary/aromatic N) is 1. The van der Waals surface area contributed by atoms with Gasteiger partial charge in [0, 0.05) is 6.20 Å². The van der Waals surface area contributed by atoms with Gasteiger partial charge in [0.25, 0.3) is 4.74 Å². The van der Waals surface area contributed by atoms with Crippen molar-refractivity contribution in [3.63, 3.8) is 0 Å². The summed E-state index contributed by atoms with van der Waals surface area (Å²) < 4.78 is 2.01. The molecule has 0 saturated heterocycles. The van der Waals surface area contributed by atoms with Gasteiger partial charge in [-0.15, -0.1) is 0 Å². The lowest BCUT2D eigenvalue weighted by molar-refractivity contribution is 1.19. The number of aryl methyl sites for hydroxylation is 1. The van der Waals surface area contributed by atoms with E-state index >= 15 is 0 Å². The van der Waals surface area contributed by atoms with Gasteiger partial charge in [0.05, 0.1) is 11.3 Å². The summed E-state index contributed by atoms with van der Waals surface area (Å²) in [4.78, 5) is 12.1. The van der Waals surface area contributed by atoms with E-state index in [2.05, 4.69) is 19.1 Å². The zero-order chi connectivity index (χ0) is 13.2.